The van der Waals surface area contributed by atoms with E-state index >= 15 is 0 Å². The van der Waals surface area contributed by atoms with Crippen molar-refractivity contribution >= 4 is 7.75 Å². The van der Waals surface area contributed by atoms with Crippen LogP contribution in [-0.2, 0) is 9.09 Å². The Morgan fingerprint density at radius 1 is 1.07 bits per heavy atom. The average Bonchev–Trinajstić information content (AvgIpc) is 2.73. The van der Waals surface area contributed by atoms with Crippen molar-refractivity contribution in [2.45, 2.75) is 25.3 Å². The smallest absolute Gasteiger partial charge is 0.405 e. The van der Waals surface area contributed by atoms with Gasteiger partial charge in [-0.25, -0.2) is 9.24 Å². The number of rotatable bonds is 7. The molecule has 6 nitrogen and oxygen atoms in total. The third kappa shape index (κ3) is 4.58. The van der Waals surface area contributed by atoms with Crippen LogP contribution in [-0.4, -0.2) is 43.0 Å². The van der Waals surface area contributed by atoms with Gasteiger partial charge in [0.15, 0.2) is 0 Å². The van der Waals surface area contributed by atoms with E-state index in [0.717, 1.165) is 17.9 Å². The zero-order valence-electron chi connectivity index (χ0n) is 16.5. The highest BCUT2D eigenvalue weighted by Gasteiger charge is 2.43. The Morgan fingerprint density at radius 2 is 1.71 bits per heavy atom. The number of hydrogen-bond donors (Lipinski definition) is 1. The zero-order valence-corrected chi connectivity index (χ0v) is 17.4. The predicted molar refractivity (Wildman–Crippen MR) is 109 cm³/mol. The van der Waals surface area contributed by atoms with Crippen LogP contribution in [0.3, 0.4) is 0 Å². The molecule has 0 aromatic heterocycles. The Hall–Kier alpha value is -1.85. The molecule has 0 saturated carbocycles. The fourth-order valence-corrected chi connectivity index (χ4v) is 5.15. The molecule has 2 aromatic carbocycles. The number of methoxy groups -OCH3 is 1. The van der Waals surface area contributed by atoms with Crippen LogP contribution < -0.4 is 9.47 Å². The van der Waals surface area contributed by atoms with Crippen molar-refractivity contribution in [3.63, 3.8) is 0 Å². The van der Waals surface area contributed by atoms with Crippen molar-refractivity contribution in [1.29, 1.82) is 0 Å². The van der Waals surface area contributed by atoms with Crippen molar-refractivity contribution in [3.8, 4) is 11.5 Å². The van der Waals surface area contributed by atoms with Gasteiger partial charge in [0.1, 0.15) is 11.5 Å². The van der Waals surface area contributed by atoms with Crippen molar-refractivity contribution in [2.75, 3.05) is 27.4 Å². The molecule has 152 valence electrons. The third-order valence-corrected chi connectivity index (χ3v) is 7.26. The minimum atomic E-state index is -3.81. The normalized spacial score (nSPS) is 25.1. The molecular weight excluding hydrogens is 377 g/mol. The van der Waals surface area contributed by atoms with Gasteiger partial charge < -0.3 is 18.9 Å². The highest BCUT2D eigenvalue weighted by molar-refractivity contribution is 7.50. The predicted octanol–water partition coefficient (Wildman–Crippen LogP) is 4.32. The van der Waals surface area contributed by atoms with E-state index in [0.29, 0.717) is 13.2 Å². The largest absolute Gasteiger partial charge is 0.497 e. The number of benzene rings is 2. The number of hydrogen-bond acceptors (Lipinski definition) is 4. The first-order valence-corrected chi connectivity index (χ1v) is 11.0. The van der Waals surface area contributed by atoms with Gasteiger partial charge in [0.05, 0.1) is 13.7 Å². The Morgan fingerprint density at radius 3 is 2.32 bits per heavy atom. The standard InChI is InChI=1S/C21H28NO5P/c1-16-21(15-27-19-11-9-18(25-2)10-12-19)20(17-7-5-4-6-8-17)13-14-22(16)28(23,24)26-3/h4-12,16,20-21H,13-15H2,1-3H3,(H,23,24). The molecule has 0 spiro atoms. The molecule has 1 aliphatic rings. The Balaban J connectivity index is 1.81. The van der Waals surface area contributed by atoms with Crippen LogP contribution in [0.15, 0.2) is 54.6 Å². The molecule has 2 aromatic rings. The Kier molecular flexibility index (Phi) is 6.78. The molecule has 1 fully saturated rings. The molecule has 1 heterocycles. The van der Waals surface area contributed by atoms with Crippen molar-refractivity contribution in [3.05, 3.63) is 60.2 Å². The summed E-state index contributed by atoms with van der Waals surface area (Å²) in [5.41, 5.74) is 1.22. The lowest BCUT2D eigenvalue weighted by atomic mass is 9.77. The fourth-order valence-electron chi connectivity index (χ4n) is 3.94. The lowest BCUT2D eigenvalue weighted by Crippen LogP contribution is -2.47. The van der Waals surface area contributed by atoms with E-state index in [-0.39, 0.29) is 17.9 Å². The second-order valence-corrected chi connectivity index (χ2v) is 8.89. The fraction of sp³-hybridized carbons (Fsp3) is 0.429. The third-order valence-electron chi connectivity index (χ3n) is 5.57. The molecule has 4 atom stereocenters. The monoisotopic (exact) mass is 405 g/mol. The van der Waals surface area contributed by atoms with Crippen LogP contribution in [0.2, 0.25) is 0 Å². The number of piperidine rings is 1. The maximum absolute atomic E-state index is 12.5. The first kappa shape index (κ1) is 20.9. The SMILES string of the molecule is COc1ccc(OCC2C(c3ccccc3)CCN(P(=O)(O)OC)C2C)cc1. The van der Waals surface area contributed by atoms with Crippen LogP contribution in [0, 0.1) is 5.92 Å². The van der Waals surface area contributed by atoms with Gasteiger partial charge in [0.2, 0.25) is 0 Å². The van der Waals surface area contributed by atoms with Gasteiger partial charge >= 0.3 is 7.75 Å². The molecule has 1 saturated heterocycles. The summed E-state index contributed by atoms with van der Waals surface area (Å²) in [7, 11) is -0.901. The number of nitrogens with zero attached hydrogens (tertiary/aromatic N) is 1. The van der Waals surface area contributed by atoms with Crippen molar-refractivity contribution in [1.82, 2.24) is 4.67 Å². The van der Waals surface area contributed by atoms with E-state index in [1.54, 1.807) is 11.8 Å². The van der Waals surface area contributed by atoms with E-state index in [9.17, 15) is 9.46 Å². The Bertz CT molecular complexity index is 798. The minimum absolute atomic E-state index is 0.0360. The maximum Gasteiger partial charge on any atom is 0.405 e. The summed E-state index contributed by atoms with van der Waals surface area (Å²) >= 11 is 0. The van der Waals surface area contributed by atoms with Gasteiger partial charge in [-0.1, -0.05) is 30.3 Å². The molecule has 0 amide bonds. The van der Waals surface area contributed by atoms with Crippen LogP contribution in [0.5, 0.6) is 11.5 Å². The molecule has 0 bridgehead atoms. The summed E-state index contributed by atoms with van der Waals surface area (Å²) in [6.07, 6.45) is 0.763. The molecule has 0 aliphatic carbocycles. The van der Waals surface area contributed by atoms with Crippen LogP contribution in [0.4, 0.5) is 0 Å². The molecule has 3 rings (SSSR count). The summed E-state index contributed by atoms with van der Waals surface area (Å²) in [4.78, 5) is 10.2. The maximum atomic E-state index is 12.5. The van der Waals surface area contributed by atoms with Gasteiger partial charge in [0.25, 0.3) is 0 Å². The van der Waals surface area contributed by atoms with Crippen LogP contribution in [0.1, 0.15) is 24.8 Å². The van der Waals surface area contributed by atoms with E-state index < -0.39 is 7.75 Å². The first-order valence-electron chi connectivity index (χ1n) is 9.43. The quantitative estimate of drug-likeness (QED) is 0.692. The van der Waals surface area contributed by atoms with Gasteiger partial charge in [-0.3, -0.25) is 0 Å². The lowest BCUT2D eigenvalue weighted by Gasteiger charge is -2.44. The van der Waals surface area contributed by atoms with Crippen molar-refractivity contribution < 1.29 is 23.5 Å². The molecule has 0 radical (unpaired) electrons. The molecular formula is C21H28NO5P. The van der Waals surface area contributed by atoms with Gasteiger partial charge in [0, 0.05) is 25.6 Å². The highest BCUT2D eigenvalue weighted by Crippen LogP contribution is 2.52. The Labute approximate surface area is 166 Å². The van der Waals surface area contributed by atoms with E-state index in [1.165, 1.54) is 12.7 Å². The number of ether oxygens (including phenoxy) is 2. The molecule has 7 heteroatoms. The van der Waals surface area contributed by atoms with Crippen LogP contribution in [0.25, 0.3) is 0 Å². The van der Waals surface area contributed by atoms with Crippen LogP contribution >= 0.6 is 7.75 Å². The zero-order chi connectivity index (χ0) is 20.1. The minimum Gasteiger partial charge on any atom is -0.497 e. The van der Waals surface area contributed by atoms with E-state index in [1.807, 2.05) is 49.4 Å². The summed E-state index contributed by atoms with van der Waals surface area (Å²) in [5.74, 6) is 1.79. The van der Waals surface area contributed by atoms with E-state index in [2.05, 4.69) is 12.1 Å². The topological polar surface area (TPSA) is 68.2 Å². The molecule has 1 aliphatic heterocycles. The average molecular weight is 405 g/mol. The first-order chi connectivity index (χ1) is 13.5. The van der Waals surface area contributed by atoms with Gasteiger partial charge in [-0.05, 0) is 49.1 Å². The second-order valence-electron chi connectivity index (χ2n) is 7.03. The van der Waals surface area contributed by atoms with E-state index in [4.69, 9.17) is 14.0 Å². The summed E-state index contributed by atoms with van der Waals surface area (Å²) in [6.45, 7) is 2.91. The molecule has 4 unspecified atom stereocenters. The second kappa shape index (κ2) is 9.10. The summed E-state index contributed by atoms with van der Waals surface area (Å²) < 4.78 is 30.2. The lowest BCUT2D eigenvalue weighted by molar-refractivity contribution is 0.0851. The molecule has 1 N–H and O–H groups in total. The summed E-state index contributed by atoms with van der Waals surface area (Å²) in [5, 5.41) is 0. The highest BCUT2D eigenvalue weighted by atomic mass is 31.2. The van der Waals surface area contributed by atoms with Gasteiger partial charge in [-0.2, -0.15) is 0 Å². The molecule has 28 heavy (non-hydrogen) atoms. The van der Waals surface area contributed by atoms with Gasteiger partial charge in [-0.15, -0.1) is 0 Å². The van der Waals surface area contributed by atoms with Crippen molar-refractivity contribution in [2.24, 2.45) is 5.92 Å². The summed E-state index contributed by atoms with van der Waals surface area (Å²) in [6, 6.07) is 17.6.